The van der Waals surface area contributed by atoms with Gasteiger partial charge in [0.05, 0.1) is 13.4 Å². The summed E-state index contributed by atoms with van der Waals surface area (Å²) in [5.74, 6) is 1.82. The lowest BCUT2D eigenvalue weighted by molar-refractivity contribution is 0.0938. The first-order chi connectivity index (χ1) is 8.79. The molecule has 0 amide bonds. The Morgan fingerprint density at radius 1 is 1.28 bits per heavy atom. The van der Waals surface area contributed by atoms with Crippen molar-refractivity contribution < 1.29 is 13.9 Å². The Morgan fingerprint density at radius 3 is 2.67 bits per heavy atom. The van der Waals surface area contributed by atoms with Crippen molar-refractivity contribution in [2.75, 3.05) is 7.11 Å². The molecule has 2 aromatic rings. The third kappa shape index (κ3) is 1.92. The van der Waals surface area contributed by atoms with Crippen LogP contribution in [0.1, 0.15) is 28.5 Å². The number of hydrogen-bond acceptors (Lipinski definition) is 3. The van der Waals surface area contributed by atoms with Gasteiger partial charge in [-0.1, -0.05) is 12.1 Å². The van der Waals surface area contributed by atoms with E-state index in [9.17, 15) is 4.79 Å². The summed E-state index contributed by atoms with van der Waals surface area (Å²) in [4.78, 5) is 12.1. The number of furan rings is 1. The van der Waals surface area contributed by atoms with Gasteiger partial charge in [-0.05, 0) is 42.2 Å². The number of carbonyl (C=O) groups excluding carboxylic acids is 1. The molecule has 0 N–H and O–H groups in total. The molecule has 0 spiro atoms. The highest BCUT2D eigenvalue weighted by molar-refractivity contribution is 5.98. The minimum atomic E-state index is 0.0737. The Balaban J connectivity index is 1.71. The molecule has 1 aromatic carbocycles. The molecular formula is C15H14O3. The summed E-state index contributed by atoms with van der Waals surface area (Å²) in [5, 5.41) is 0. The molecule has 92 valence electrons. The van der Waals surface area contributed by atoms with E-state index < -0.39 is 0 Å². The van der Waals surface area contributed by atoms with Crippen LogP contribution in [0.5, 0.6) is 5.75 Å². The zero-order chi connectivity index (χ0) is 12.5. The van der Waals surface area contributed by atoms with Crippen LogP contribution in [-0.2, 0) is 0 Å². The first kappa shape index (κ1) is 11.1. The lowest BCUT2D eigenvalue weighted by Gasteiger charge is -2.02. The van der Waals surface area contributed by atoms with Gasteiger partial charge in [0.15, 0.2) is 5.76 Å². The molecule has 2 unspecified atom stereocenters. The minimum absolute atomic E-state index is 0.0737. The Kier molecular flexibility index (Phi) is 2.67. The monoisotopic (exact) mass is 242 g/mol. The van der Waals surface area contributed by atoms with Crippen molar-refractivity contribution in [2.24, 2.45) is 5.92 Å². The van der Waals surface area contributed by atoms with Crippen LogP contribution in [0.4, 0.5) is 0 Å². The topological polar surface area (TPSA) is 39.4 Å². The van der Waals surface area contributed by atoms with E-state index in [2.05, 4.69) is 0 Å². The number of rotatable bonds is 4. The second kappa shape index (κ2) is 4.33. The molecule has 18 heavy (non-hydrogen) atoms. The van der Waals surface area contributed by atoms with Crippen molar-refractivity contribution in [1.29, 1.82) is 0 Å². The van der Waals surface area contributed by atoms with Gasteiger partial charge < -0.3 is 9.15 Å². The molecule has 3 heteroatoms. The molecule has 3 nitrogen and oxygen atoms in total. The maximum atomic E-state index is 12.1. The second-order valence-electron chi connectivity index (χ2n) is 4.56. The number of ketones is 1. The first-order valence-electron chi connectivity index (χ1n) is 6.01. The van der Waals surface area contributed by atoms with Gasteiger partial charge in [0.1, 0.15) is 5.75 Å². The van der Waals surface area contributed by atoms with E-state index in [1.54, 1.807) is 19.2 Å². The van der Waals surface area contributed by atoms with Gasteiger partial charge in [0.2, 0.25) is 5.78 Å². The molecule has 0 bridgehead atoms. The quantitative estimate of drug-likeness (QED) is 0.772. The average molecular weight is 242 g/mol. The third-order valence-corrected chi connectivity index (χ3v) is 3.44. The molecule has 1 fully saturated rings. The summed E-state index contributed by atoms with van der Waals surface area (Å²) in [5.41, 5.74) is 1.20. The molecule has 1 heterocycles. The van der Waals surface area contributed by atoms with E-state index in [1.807, 2.05) is 24.3 Å². The Hall–Kier alpha value is -2.03. The van der Waals surface area contributed by atoms with Gasteiger partial charge >= 0.3 is 0 Å². The van der Waals surface area contributed by atoms with Crippen LogP contribution in [0.25, 0.3) is 0 Å². The molecule has 1 aromatic heterocycles. The van der Waals surface area contributed by atoms with E-state index in [-0.39, 0.29) is 11.7 Å². The lowest BCUT2D eigenvalue weighted by atomic mass is 10.1. The number of ether oxygens (including phenoxy) is 1. The van der Waals surface area contributed by atoms with Crippen LogP contribution in [0.15, 0.2) is 47.1 Å². The Labute approximate surface area is 105 Å². The van der Waals surface area contributed by atoms with E-state index in [4.69, 9.17) is 9.15 Å². The number of hydrogen-bond donors (Lipinski definition) is 0. The van der Waals surface area contributed by atoms with Crippen LogP contribution >= 0.6 is 0 Å². The SMILES string of the molecule is COc1ccc(C2CC2C(=O)c2ccco2)cc1. The van der Waals surface area contributed by atoms with E-state index in [1.165, 1.54) is 11.8 Å². The zero-order valence-electron chi connectivity index (χ0n) is 10.1. The summed E-state index contributed by atoms with van der Waals surface area (Å²) in [6.07, 6.45) is 2.45. The smallest absolute Gasteiger partial charge is 0.201 e. The van der Waals surface area contributed by atoms with Crippen LogP contribution in [0, 0.1) is 5.92 Å². The summed E-state index contributed by atoms with van der Waals surface area (Å²) in [7, 11) is 1.65. The van der Waals surface area contributed by atoms with Crippen molar-refractivity contribution in [3.63, 3.8) is 0 Å². The van der Waals surface area contributed by atoms with E-state index >= 15 is 0 Å². The molecule has 0 saturated heterocycles. The highest BCUT2D eigenvalue weighted by Crippen LogP contribution is 2.49. The Bertz CT molecular complexity index is 540. The number of methoxy groups -OCH3 is 1. The van der Waals surface area contributed by atoms with Crippen LogP contribution in [-0.4, -0.2) is 12.9 Å². The van der Waals surface area contributed by atoms with Crippen molar-refractivity contribution in [2.45, 2.75) is 12.3 Å². The standard InChI is InChI=1S/C15H14O3/c1-17-11-6-4-10(5-7-11)12-9-13(12)15(16)14-3-2-8-18-14/h2-8,12-13H,9H2,1H3. The normalized spacial score (nSPS) is 21.6. The molecule has 2 atom stereocenters. The fourth-order valence-corrected chi connectivity index (χ4v) is 2.31. The van der Waals surface area contributed by atoms with Gasteiger partial charge in [0, 0.05) is 5.92 Å². The number of carbonyl (C=O) groups is 1. The van der Waals surface area contributed by atoms with Gasteiger partial charge in [-0.15, -0.1) is 0 Å². The maximum absolute atomic E-state index is 12.1. The molecule has 1 saturated carbocycles. The van der Waals surface area contributed by atoms with E-state index in [0.717, 1.165) is 12.2 Å². The van der Waals surface area contributed by atoms with Gasteiger partial charge in [-0.25, -0.2) is 0 Å². The van der Waals surface area contributed by atoms with Crippen molar-refractivity contribution in [1.82, 2.24) is 0 Å². The Morgan fingerprint density at radius 2 is 2.06 bits per heavy atom. The second-order valence-corrected chi connectivity index (χ2v) is 4.56. The minimum Gasteiger partial charge on any atom is -0.497 e. The zero-order valence-corrected chi connectivity index (χ0v) is 10.1. The summed E-state index contributed by atoms with van der Waals surface area (Å²) in [6, 6.07) is 11.4. The fraction of sp³-hybridized carbons (Fsp3) is 0.267. The molecule has 0 radical (unpaired) electrons. The first-order valence-corrected chi connectivity index (χ1v) is 6.01. The van der Waals surface area contributed by atoms with E-state index in [0.29, 0.717) is 11.7 Å². The van der Waals surface area contributed by atoms with Crippen molar-refractivity contribution in [3.05, 3.63) is 54.0 Å². The highest BCUT2D eigenvalue weighted by Gasteiger charge is 2.44. The number of benzene rings is 1. The van der Waals surface area contributed by atoms with Crippen LogP contribution in [0.3, 0.4) is 0 Å². The molecule has 0 aliphatic heterocycles. The van der Waals surface area contributed by atoms with Gasteiger partial charge in [-0.2, -0.15) is 0 Å². The highest BCUT2D eigenvalue weighted by atomic mass is 16.5. The predicted molar refractivity (Wildman–Crippen MR) is 66.9 cm³/mol. The van der Waals surface area contributed by atoms with Gasteiger partial charge in [0.25, 0.3) is 0 Å². The summed E-state index contributed by atoms with van der Waals surface area (Å²) < 4.78 is 10.3. The molecular weight excluding hydrogens is 228 g/mol. The largest absolute Gasteiger partial charge is 0.497 e. The summed E-state index contributed by atoms with van der Waals surface area (Å²) >= 11 is 0. The van der Waals surface area contributed by atoms with Crippen LogP contribution < -0.4 is 4.74 Å². The summed E-state index contributed by atoms with van der Waals surface area (Å²) in [6.45, 7) is 0. The lowest BCUT2D eigenvalue weighted by Crippen LogP contribution is -2.01. The third-order valence-electron chi connectivity index (χ3n) is 3.44. The molecule has 1 aliphatic rings. The number of Topliss-reactive ketones (excluding diaryl/α,β-unsaturated/α-hetero) is 1. The van der Waals surface area contributed by atoms with Crippen molar-refractivity contribution >= 4 is 5.78 Å². The predicted octanol–water partition coefficient (Wildman–Crippen LogP) is 3.27. The average Bonchev–Trinajstić information content (AvgIpc) is 3.03. The maximum Gasteiger partial charge on any atom is 0.201 e. The molecule has 1 aliphatic carbocycles. The van der Waals surface area contributed by atoms with Crippen LogP contribution in [0.2, 0.25) is 0 Å². The molecule has 3 rings (SSSR count). The van der Waals surface area contributed by atoms with Crippen molar-refractivity contribution in [3.8, 4) is 5.75 Å². The fourth-order valence-electron chi connectivity index (χ4n) is 2.31. The van der Waals surface area contributed by atoms with Gasteiger partial charge in [-0.3, -0.25) is 4.79 Å².